The van der Waals surface area contributed by atoms with Crippen molar-refractivity contribution in [3.05, 3.63) is 107 Å². The zero-order valence-electron chi connectivity index (χ0n) is 17.9. The van der Waals surface area contributed by atoms with Gasteiger partial charge in [-0.15, -0.1) is 0 Å². The highest BCUT2D eigenvalue weighted by molar-refractivity contribution is 7.15. The van der Waals surface area contributed by atoms with Crippen LogP contribution in [-0.4, -0.2) is 28.2 Å². The smallest absolute Gasteiger partial charge is 0.260 e. The van der Waals surface area contributed by atoms with Crippen LogP contribution in [0.3, 0.4) is 0 Å². The van der Waals surface area contributed by atoms with Gasteiger partial charge in [-0.05, 0) is 17.2 Å². The molecule has 2 aromatic heterocycles. The fourth-order valence-electron chi connectivity index (χ4n) is 4.13. The lowest BCUT2D eigenvalue weighted by molar-refractivity contribution is -0.132. The quantitative estimate of drug-likeness (QED) is 0.437. The molecule has 4 aromatic rings. The average molecular weight is 458 g/mol. The van der Waals surface area contributed by atoms with Gasteiger partial charge in [-0.1, -0.05) is 72.0 Å². The van der Waals surface area contributed by atoms with Crippen LogP contribution in [0.1, 0.15) is 44.4 Å². The van der Waals surface area contributed by atoms with Gasteiger partial charge in [-0.2, -0.15) is 0 Å². The number of nitrogens with one attached hydrogen (secondary N) is 1. The molecule has 7 heteroatoms. The van der Waals surface area contributed by atoms with Crippen molar-refractivity contribution < 1.29 is 14.0 Å². The van der Waals surface area contributed by atoms with Gasteiger partial charge in [0.15, 0.2) is 5.13 Å². The van der Waals surface area contributed by atoms with Gasteiger partial charge in [-0.3, -0.25) is 14.9 Å². The van der Waals surface area contributed by atoms with Crippen molar-refractivity contribution in [2.24, 2.45) is 0 Å². The Bertz CT molecular complexity index is 1200. The number of furan rings is 1. The maximum Gasteiger partial charge on any atom is 0.260 e. The number of carbonyl (C=O) groups excluding carboxylic acids is 2. The number of fused-ring (bicyclic) bond motifs is 1. The highest BCUT2D eigenvalue weighted by Crippen LogP contribution is 2.32. The van der Waals surface area contributed by atoms with Crippen molar-refractivity contribution in [3.8, 4) is 0 Å². The molecule has 1 aliphatic heterocycles. The lowest BCUT2D eigenvalue weighted by atomic mass is 9.88. The van der Waals surface area contributed by atoms with Gasteiger partial charge in [0.05, 0.1) is 24.1 Å². The van der Waals surface area contributed by atoms with Gasteiger partial charge >= 0.3 is 0 Å². The van der Waals surface area contributed by atoms with E-state index in [1.807, 2.05) is 41.3 Å². The summed E-state index contributed by atoms with van der Waals surface area (Å²) >= 11 is 1.43. The Kier molecular flexibility index (Phi) is 6.04. The Morgan fingerprint density at radius 3 is 2.36 bits per heavy atom. The lowest BCUT2D eigenvalue weighted by Gasteiger charge is -2.28. The van der Waals surface area contributed by atoms with E-state index in [-0.39, 0.29) is 17.7 Å². The number of anilines is 1. The average Bonchev–Trinajstić information content (AvgIpc) is 3.53. The first-order valence-electron chi connectivity index (χ1n) is 10.9. The van der Waals surface area contributed by atoms with Gasteiger partial charge in [-0.25, -0.2) is 4.98 Å². The van der Waals surface area contributed by atoms with Crippen molar-refractivity contribution in [2.75, 3.05) is 11.9 Å². The molecule has 33 heavy (non-hydrogen) atoms. The van der Waals surface area contributed by atoms with E-state index in [2.05, 4.69) is 34.6 Å². The molecule has 2 aromatic carbocycles. The van der Waals surface area contributed by atoms with Crippen LogP contribution in [0.4, 0.5) is 5.13 Å². The largest absolute Gasteiger partial charge is 0.472 e. The molecule has 0 unspecified atom stereocenters. The number of nitrogens with zero attached hydrogens (tertiary/aromatic N) is 2. The third kappa shape index (κ3) is 4.73. The zero-order valence-corrected chi connectivity index (χ0v) is 18.8. The molecule has 5 rings (SSSR count). The maximum atomic E-state index is 13.3. The summed E-state index contributed by atoms with van der Waals surface area (Å²) in [5.41, 5.74) is 3.68. The topological polar surface area (TPSA) is 75.4 Å². The fourth-order valence-corrected chi connectivity index (χ4v) is 5.15. The summed E-state index contributed by atoms with van der Waals surface area (Å²) in [6, 6.07) is 22.0. The van der Waals surface area contributed by atoms with E-state index in [4.69, 9.17) is 4.42 Å². The molecule has 2 amide bonds. The van der Waals surface area contributed by atoms with Crippen molar-refractivity contribution in [1.29, 1.82) is 0 Å². The maximum absolute atomic E-state index is 13.3. The number of hydrogen-bond donors (Lipinski definition) is 1. The summed E-state index contributed by atoms with van der Waals surface area (Å²) in [7, 11) is 0. The van der Waals surface area contributed by atoms with Gasteiger partial charge in [0.25, 0.3) is 5.91 Å². The van der Waals surface area contributed by atoms with Crippen molar-refractivity contribution in [1.82, 2.24) is 9.88 Å². The highest BCUT2D eigenvalue weighted by atomic mass is 32.1. The van der Waals surface area contributed by atoms with Gasteiger partial charge in [0.2, 0.25) is 5.91 Å². The Morgan fingerprint density at radius 1 is 1.03 bits per heavy atom. The van der Waals surface area contributed by atoms with E-state index < -0.39 is 0 Å². The molecule has 0 radical (unpaired) electrons. The molecule has 166 valence electrons. The number of thiazole rings is 1. The normalized spacial score (nSPS) is 13.1. The predicted octanol–water partition coefficient (Wildman–Crippen LogP) is 5.10. The van der Waals surface area contributed by atoms with Crippen molar-refractivity contribution in [2.45, 2.75) is 25.3 Å². The summed E-state index contributed by atoms with van der Waals surface area (Å²) < 4.78 is 4.97. The number of aromatic nitrogens is 1. The monoisotopic (exact) mass is 457 g/mol. The van der Waals surface area contributed by atoms with Crippen LogP contribution < -0.4 is 5.32 Å². The Hall–Kier alpha value is -3.71. The molecule has 0 bridgehead atoms. The minimum Gasteiger partial charge on any atom is -0.472 e. The first kappa shape index (κ1) is 21.2. The number of carbonyl (C=O) groups is 2. The molecular formula is C26H23N3O3S. The van der Waals surface area contributed by atoms with Crippen LogP contribution in [0.2, 0.25) is 0 Å². The van der Waals surface area contributed by atoms with Gasteiger partial charge < -0.3 is 9.32 Å². The number of hydrogen-bond acceptors (Lipinski definition) is 5. The van der Waals surface area contributed by atoms with Gasteiger partial charge in [0.1, 0.15) is 6.26 Å². The molecule has 0 saturated heterocycles. The molecule has 0 atom stereocenters. The van der Waals surface area contributed by atoms with E-state index in [9.17, 15) is 9.59 Å². The second-order valence-electron chi connectivity index (χ2n) is 8.00. The second-order valence-corrected chi connectivity index (χ2v) is 9.08. The Labute approximate surface area is 195 Å². The third-order valence-electron chi connectivity index (χ3n) is 5.87. The second kappa shape index (κ2) is 9.42. The van der Waals surface area contributed by atoms with Gasteiger partial charge in [0, 0.05) is 30.2 Å². The third-order valence-corrected chi connectivity index (χ3v) is 6.87. The molecule has 3 heterocycles. The van der Waals surface area contributed by atoms with E-state index in [1.165, 1.54) is 23.9 Å². The molecular weight excluding hydrogens is 434 g/mol. The van der Waals surface area contributed by atoms with Crippen LogP contribution in [0, 0.1) is 0 Å². The molecule has 0 fully saturated rings. The highest BCUT2D eigenvalue weighted by Gasteiger charge is 2.27. The summed E-state index contributed by atoms with van der Waals surface area (Å²) in [5.74, 6) is -0.125. The zero-order chi connectivity index (χ0) is 22.6. The summed E-state index contributed by atoms with van der Waals surface area (Å²) in [5, 5.41) is 3.37. The summed E-state index contributed by atoms with van der Waals surface area (Å²) in [6.45, 7) is 1.14. The Morgan fingerprint density at radius 2 is 1.73 bits per heavy atom. The van der Waals surface area contributed by atoms with Crippen LogP contribution >= 0.6 is 11.3 Å². The molecule has 0 aliphatic carbocycles. The number of amides is 2. The van der Waals surface area contributed by atoms with Crippen LogP contribution in [0.25, 0.3) is 0 Å². The van der Waals surface area contributed by atoms with E-state index >= 15 is 0 Å². The molecule has 1 N–H and O–H groups in total. The van der Waals surface area contributed by atoms with E-state index in [0.717, 1.165) is 21.7 Å². The SMILES string of the molecule is O=C(Nc1nc2c(s1)CN(C(=O)CC(c1ccccc1)c1ccccc1)CC2)c1ccoc1. The number of rotatable bonds is 6. The van der Waals surface area contributed by atoms with E-state index in [1.54, 1.807) is 6.07 Å². The van der Waals surface area contributed by atoms with Crippen molar-refractivity contribution >= 4 is 28.3 Å². The minimum atomic E-state index is -0.253. The molecule has 1 aliphatic rings. The van der Waals surface area contributed by atoms with Crippen LogP contribution in [-0.2, 0) is 17.8 Å². The molecule has 0 saturated carbocycles. The summed E-state index contributed by atoms with van der Waals surface area (Å²) in [4.78, 5) is 33.1. The minimum absolute atomic E-state index is 0.00701. The first-order chi connectivity index (χ1) is 16.2. The standard InChI is InChI=1S/C26H23N3O3S/c30-24(15-21(18-7-3-1-4-8-18)19-9-5-2-6-10-19)29-13-11-22-23(16-29)33-26(27-22)28-25(31)20-12-14-32-17-20/h1-10,12,14,17,21H,11,13,15-16H2,(H,27,28,31). The summed E-state index contributed by atoms with van der Waals surface area (Å²) in [6.07, 6.45) is 3.95. The fraction of sp³-hybridized carbons (Fsp3) is 0.192. The Balaban J connectivity index is 1.29. The van der Waals surface area contributed by atoms with Crippen LogP contribution in [0.5, 0.6) is 0 Å². The van der Waals surface area contributed by atoms with Crippen molar-refractivity contribution in [3.63, 3.8) is 0 Å². The lowest BCUT2D eigenvalue weighted by Crippen LogP contribution is -2.36. The first-order valence-corrected chi connectivity index (χ1v) is 11.7. The number of benzene rings is 2. The molecule has 0 spiro atoms. The predicted molar refractivity (Wildman–Crippen MR) is 127 cm³/mol. The molecule has 6 nitrogen and oxygen atoms in total. The van der Waals surface area contributed by atoms with Crippen LogP contribution in [0.15, 0.2) is 83.7 Å². The van der Waals surface area contributed by atoms with E-state index in [0.29, 0.717) is 36.6 Å².